The Morgan fingerprint density at radius 1 is 0.688 bits per heavy atom. The van der Waals surface area contributed by atoms with Crippen LogP contribution in [-0.4, -0.2) is 115 Å². The van der Waals surface area contributed by atoms with E-state index in [1.54, 1.807) is 36.4 Å². The Kier molecular flexibility index (Phi) is 14.5. The number of H-pyrrole nitrogens is 2. The molecule has 336 valence electrons. The second-order valence-electron chi connectivity index (χ2n) is 17.0. The van der Waals surface area contributed by atoms with Crippen LogP contribution in [0.4, 0.5) is 13.2 Å². The number of halogens is 3. The van der Waals surface area contributed by atoms with Crippen molar-refractivity contribution in [2.75, 3.05) is 60.5 Å². The highest BCUT2D eigenvalue weighted by Gasteiger charge is 2.40. The molecule has 2 aliphatic heterocycles. The molecule has 14 heteroatoms. The molecule has 64 heavy (non-hydrogen) atoms. The molecule has 2 saturated heterocycles. The fourth-order valence-electron chi connectivity index (χ4n) is 8.68. The summed E-state index contributed by atoms with van der Waals surface area (Å²) in [5, 5.41) is 3.79. The number of methoxy groups -OCH3 is 1. The second kappa shape index (κ2) is 20.4. The number of fused-ring (bicyclic) bond motifs is 2. The summed E-state index contributed by atoms with van der Waals surface area (Å²) in [7, 11) is 5.50. The van der Waals surface area contributed by atoms with E-state index in [-0.39, 0.29) is 23.1 Å². The lowest BCUT2D eigenvalue weighted by molar-refractivity contribution is -0.0884. The van der Waals surface area contributed by atoms with Crippen LogP contribution < -0.4 is 10.1 Å². The second-order valence-corrected chi connectivity index (χ2v) is 17.0. The Morgan fingerprint density at radius 2 is 1.22 bits per heavy atom. The molecule has 3 N–H and O–H groups in total. The third-order valence-corrected chi connectivity index (χ3v) is 12.3. The van der Waals surface area contributed by atoms with Gasteiger partial charge in [-0.3, -0.25) is 19.2 Å². The zero-order chi connectivity index (χ0) is 45.4. The number of rotatable bonds is 12. The number of piperidine rings is 2. The summed E-state index contributed by atoms with van der Waals surface area (Å²) in [5.74, 6) is -0.736. The SMILES string of the molecule is COc1cc2[nH]cc(C(=O)NCCN(C)C)c2cc1C(=O)N1CCC(Cc2ccccc2)CC1.O=C(c1ccc2[nH]cc(C(=O)C(F)(F)F)c2c1)N1CCC(Cc2ccccc2)CC1. The zero-order valence-electron chi connectivity index (χ0n) is 36.5. The Morgan fingerprint density at radius 3 is 1.77 bits per heavy atom. The number of nitrogens with zero attached hydrogens (tertiary/aromatic N) is 3. The number of aromatic nitrogens is 2. The number of amides is 3. The van der Waals surface area contributed by atoms with Crippen LogP contribution in [-0.2, 0) is 12.8 Å². The van der Waals surface area contributed by atoms with Gasteiger partial charge in [0.15, 0.2) is 0 Å². The average Bonchev–Trinajstić information content (AvgIpc) is 3.93. The highest BCUT2D eigenvalue weighted by atomic mass is 19.4. The Labute approximate surface area is 370 Å². The fraction of sp³-hybridized carbons (Fsp3) is 0.360. The van der Waals surface area contributed by atoms with E-state index in [9.17, 15) is 32.3 Å². The van der Waals surface area contributed by atoms with Gasteiger partial charge in [-0.1, -0.05) is 60.7 Å². The van der Waals surface area contributed by atoms with Gasteiger partial charge in [-0.05, 0) is 99.8 Å². The van der Waals surface area contributed by atoms with Gasteiger partial charge < -0.3 is 34.7 Å². The number of ketones is 1. The maximum Gasteiger partial charge on any atom is 0.454 e. The number of alkyl halides is 3. The van der Waals surface area contributed by atoms with E-state index < -0.39 is 17.5 Å². The van der Waals surface area contributed by atoms with Crippen LogP contribution in [0.5, 0.6) is 5.75 Å². The monoisotopic (exact) mass is 876 g/mol. The summed E-state index contributed by atoms with van der Waals surface area (Å²) >= 11 is 0. The van der Waals surface area contributed by atoms with Gasteiger partial charge >= 0.3 is 6.18 Å². The number of carbonyl (C=O) groups is 4. The first-order valence-corrected chi connectivity index (χ1v) is 21.8. The molecule has 0 radical (unpaired) electrons. The normalized spacial score (nSPS) is 15.0. The third-order valence-electron chi connectivity index (χ3n) is 12.3. The maximum atomic E-state index is 13.5. The molecule has 2 aliphatic rings. The number of hydrogen-bond donors (Lipinski definition) is 3. The van der Waals surface area contributed by atoms with Crippen LogP contribution in [0.2, 0.25) is 0 Å². The zero-order valence-corrected chi connectivity index (χ0v) is 36.5. The number of Topliss-reactive ketones (excluding diaryl/α,β-unsaturated/α-hetero) is 1. The quantitative estimate of drug-likeness (QED) is 0.106. The van der Waals surface area contributed by atoms with Crippen LogP contribution in [0, 0.1) is 11.8 Å². The first-order valence-electron chi connectivity index (χ1n) is 21.8. The number of nitrogens with one attached hydrogen (secondary N) is 3. The van der Waals surface area contributed by atoms with Crippen LogP contribution in [0.25, 0.3) is 21.8 Å². The van der Waals surface area contributed by atoms with Crippen LogP contribution >= 0.6 is 0 Å². The molecule has 0 spiro atoms. The number of hydrogen-bond acceptors (Lipinski definition) is 6. The molecule has 0 bridgehead atoms. The van der Waals surface area contributed by atoms with Crippen molar-refractivity contribution in [1.82, 2.24) is 30.0 Å². The minimum absolute atomic E-state index is 0.0444. The number of likely N-dealkylation sites (N-methyl/N-ethyl adjacent to an activating group) is 1. The van der Waals surface area contributed by atoms with Crippen molar-refractivity contribution in [1.29, 1.82) is 0 Å². The molecular formula is C50H55F3N6O5. The van der Waals surface area contributed by atoms with E-state index in [1.807, 2.05) is 48.2 Å². The maximum absolute atomic E-state index is 13.5. The predicted molar refractivity (Wildman–Crippen MR) is 242 cm³/mol. The van der Waals surface area contributed by atoms with E-state index in [4.69, 9.17) is 4.74 Å². The molecule has 0 saturated carbocycles. The van der Waals surface area contributed by atoms with Gasteiger partial charge in [0.2, 0.25) is 0 Å². The van der Waals surface area contributed by atoms with Crippen molar-refractivity contribution in [3.63, 3.8) is 0 Å². The number of ether oxygens (including phenoxy) is 1. The molecule has 0 aliphatic carbocycles. The first kappa shape index (κ1) is 45.6. The lowest BCUT2D eigenvalue weighted by atomic mass is 9.90. The minimum Gasteiger partial charge on any atom is -0.496 e. The first-order chi connectivity index (χ1) is 30.8. The summed E-state index contributed by atoms with van der Waals surface area (Å²) in [5.41, 5.74) is 4.65. The van der Waals surface area contributed by atoms with Crippen molar-refractivity contribution in [3.05, 3.63) is 137 Å². The molecule has 8 rings (SSSR count). The molecular weight excluding hydrogens is 822 g/mol. The van der Waals surface area contributed by atoms with E-state index in [2.05, 4.69) is 51.7 Å². The largest absolute Gasteiger partial charge is 0.496 e. The Balaban J connectivity index is 0.000000193. The molecule has 4 aromatic carbocycles. The molecule has 3 amide bonds. The van der Waals surface area contributed by atoms with Crippen molar-refractivity contribution >= 4 is 45.3 Å². The summed E-state index contributed by atoms with van der Waals surface area (Å²) in [6, 6.07) is 28.9. The number of likely N-dealkylation sites (tertiary alicyclic amines) is 2. The fourth-order valence-corrected chi connectivity index (χ4v) is 8.68. The molecule has 2 fully saturated rings. The van der Waals surface area contributed by atoms with E-state index >= 15 is 0 Å². The Bertz CT molecular complexity index is 2560. The summed E-state index contributed by atoms with van der Waals surface area (Å²) in [4.78, 5) is 62.3. The number of carbonyl (C=O) groups excluding carboxylic acids is 4. The van der Waals surface area contributed by atoms with Crippen molar-refractivity contribution < 1.29 is 37.1 Å². The standard InChI is InChI=1S/C27H34N4O3.C23H21F3N2O2/c1-30(2)14-11-28-26(32)23-18-29-24-17-25(34-3)22(16-21(23)24)27(33)31-12-9-20(10-13-31)15-19-7-5-4-6-8-19;24-23(25,26)21(29)19-14-27-20-7-6-17(13-18(19)20)22(30)28-10-8-16(9-11-28)12-15-4-2-1-3-5-15/h4-8,16-18,20,29H,9-15H2,1-3H3,(H,28,32);1-7,13-14,16,27H,8-12H2. The number of aromatic amines is 2. The Hall–Kier alpha value is -6.41. The van der Waals surface area contributed by atoms with Gasteiger partial charge in [0.1, 0.15) is 5.75 Å². The van der Waals surface area contributed by atoms with Crippen molar-refractivity contribution in [2.24, 2.45) is 11.8 Å². The highest BCUT2D eigenvalue weighted by molar-refractivity contribution is 6.12. The van der Waals surface area contributed by atoms with Gasteiger partial charge in [-0.2, -0.15) is 13.2 Å². The molecule has 4 heterocycles. The van der Waals surface area contributed by atoms with E-state index in [0.29, 0.717) is 59.4 Å². The average molecular weight is 877 g/mol. The topological polar surface area (TPSA) is 131 Å². The minimum atomic E-state index is -4.96. The van der Waals surface area contributed by atoms with E-state index in [0.717, 1.165) is 75.3 Å². The smallest absolute Gasteiger partial charge is 0.454 e. The molecule has 11 nitrogen and oxygen atoms in total. The van der Waals surface area contributed by atoms with Gasteiger partial charge in [-0.15, -0.1) is 0 Å². The lowest BCUT2D eigenvalue weighted by Gasteiger charge is -2.32. The summed E-state index contributed by atoms with van der Waals surface area (Å²) in [6.45, 7) is 3.97. The van der Waals surface area contributed by atoms with Crippen molar-refractivity contribution in [2.45, 2.75) is 44.7 Å². The predicted octanol–water partition coefficient (Wildman–Crippen LogP) is 8.57. The van der Waals surface area contributed by atoms with E-state index in [1.165, 1.54) is 23.3 Å². The summed E-state index contributed by atoms with van der Waals surface area (Å²) < 4.78 is 44.1. The number of benzene rings is 4. The molecule has 0 atom stereocenters. The van der Waals surface area contributed by atoms with Crippen LogP contribution in [0.3, 0.4) is 0 Å². The van der Waals surface area contributed by atoms with Gasteiger partial charge in [0.25, 0.3) is 23.5 Å². The van der Waals surface area contributed by atoms with Crippen LogP contribution in [0.1, 0.15) is 78.2 Å². The molecule has 0 unspecified atom stereocenters. The lowest BCUT2D eigenvalue weighted by Crippen LogP contribution is -2.39. The highest BCUT2D eigenvalue weighted by Crippen LogP contribution is 2.32. The van der Waals surface area contributed by atoms with Crippen molar-refractivity contribution in [3.8, 4) is 5.75 Å². The van der Waals surface area contributed by atoms with Gasteiger partial charge in [-0.25, -0.2) is 0 Å². The van der Waals surface area contributed by atoms with Crippen LogP contribution in [0.15, 0.2) is 103 Å². The van der Waals surface area contributed by atoms with Gasteiger partial charge in [0.05, 0.1) is 23.8 Å². The molecule has 2 aromatic heterocycles. The summed E-state index contributed by atoms with van der Waals surface area (Å²) in [6.07, 6.45) is 3.52. The molecule has 6 aromatic rings. The van der Waals surface area contributed by atoms with Gasteiger partial charge in [0, 0.05) is 85.1 Å². The third kappa shape index (κ3) is 11.0.